The van der Waals surface area contributed by atoms with Crippen LogP contribution in [0.4, 0.5) is 11.4 Å². The Morgan fingerprint density at radius 1 is 0.532 bits per heavy atom. The second-order valence-electron chi connectivity index (χ2n) is 13.4. The Hall–Kier alpha value is -4.08. The van der Waals surface area contributed by atoms with Gasteiger partial charge in [-0.15, -0.1) is 0 Å². The van der Waals surface area contributed by atoms with Gasteiger partial charge in [-0.05, 0) is 73.9 Å². The molecule has 0 amide bonds. The van der Waals surface area contributed by atoms with Gasteiger partial charge in [0.25, 0.3) is 0 Å². The van der Waals surface area contributed by atoms with Crippen molar-refractivity contribution in [3.8, 4) is 23.0 Å². The summed E-state index contributed by atoms with van der Waals surface area (Å²) in [6.45, 7) is 2.93. The lowest BCUT2D eigenvalue weighted by Crippen LogP contribution is -2.50. The molecular formula is C39H42N2O6. The zero-order valence-electron chi connectivity index (χ0n) is 26.5. The molecule has 4 aliphatic heterocycles. The van der Waals surface area contributed by atoms with Gasteiger partial charge in [-0.2, -0.15) is 0 Å². The van der Waals surface area contributed by atoms with Crippen LogP contribution >= 0.6 is 0 Å². The highest BCUT2D eigenvalue weighted by Crippen LogP contribution is 2.65. The zero-order valence-corrected chi connectivity index (χ0v) is 26.5. The first-order valence-electron chi connectivity index (χ1n) is 16.7. The molecule has 8 heteroatoms. The minimum absolute atomic E-state index is 0.0313. The maximum atomic E-state index is 6.90. The summed E-state index contributed by atoms with van der Waals surface area (Å²) in [5, 5.41) is 0. The summed E-state index contributed by atoms with van der Waals surface area (Å²) in [7, 11) is 0. The van der Waals surface area contributed by atoms with E-state index in [1.54, 1.807) is 0 Å². The molecule has 0 bridgehead atoms. The lowest BCUT2D eigenvalue weighted by Gasteiger charge is -2.53. The lowest BCUT2D eigenvalue weighted by atomic mass is 9.49. The summed E-state index contributed by atoms with van der Waals surface area (Å²) < 4.78 is 37.7. The van der Waals surface area contributed by atoms with E-state index in [9.17, 15) is 0 Å². The van der Waals surface area contributed by atoms with Crippen molar-refractivity contribution in [1.29, 1.82) is 0 Å². The molecule has 0 aromatic heterocycles. The summed E-state index contributed by atoms with van der Waals surface area (Å²) in [6.07, 6.45) is 4.66. The number of ether oxygens (including phenoxy) is 6. The van der Waals surface area contributed by atoms with E-state index in [2.05, 4.69) is 12.1 Å². The first-order valence-corrected chi connectivity index (χ1v) is 16.7. The number of anilines is 2. The van der Waals surface area contributed by atoms with Crippen molar-refractivity contribution in [2.75, 3.05) is 37.9 Å². The van der Waals surface area contributed by atoms with Crippen molar-refractivity contribution in [3.63, 3.8) is 0 Å². The fourth-order valence-corrected chi connectivity index (χ4v) is 7.67. The topological polar surface area (TPSA) is 121 Å². The molecular weight excluding hydrogens is 592 g/mol. The van der Waals surface area contributed by atoms with E-state index in [4.69, 9.17) is 39.9 Å². The Morgan fingerprint density at radius 3 is 1.38 bits per heavy atom. The molecule has 4 aliphatic rings. The first kappa shape index (κ1) is 30.3. The van der Waals surface area contributed by atoms with Gasteiger partial charge in [0, 0.05) is 16.5 Å². The molecule has 0 radical (unpaired) electrons. The molecule has 8 nitrogen and oxygen atoms in total. The van der Waals surface area contributed by atoms with Gasteiger partial charge in [0.15, 0.2) is 11.5 Å². The molecule has 244 valence electrons. The van der Waals surface area contributed by atoms with Gasteiger partial charge >= 0.3 is 0 Å². The van der Waals surface area contributed by atoms with Crippen molar-refractivity contribution >= 4 is 11.4 Å². The number of nitrogen functional groups attached to an aromatic ring is 2. The molecule has 4 aromatic rings. The van der Waals surface area contributed by atoms with E-state index in [-0.39, 0.29) is 24.4 Å². The standard InChI is InChI=1S/C39H42N2O6/c40-34-15-7-13-32(36(34)46-26-9-3-1-4-10-26)39(21-31-25-45-31,33-14-8-16-35(41)37(33)47-27-11-5-2-6-12-27)38(19-29-23-43-29,20-30-24-44-30)18-17-28-22-42-28/h1-16,28-31H,17-25,40-41H2. The molecule has 8 rings (SSSR count). The van der Waals surface area contributed by atoms with Crippen LogP contribution in [-0.4, -0.2) is 50.8 Å². The molecule has 4 saturated heterocycles. The molecule has 4 unspecified atom stereocenters. The fraction of sp³-hybridized carbons (Fsp3) is 0.385. The largest absolute Gasteiger partial charge is 0.455 e. The third-order valence-electron chi connectivity index (χ3n) is 10.2. The third-order valence-corrected chi connectivity index (χ3v) is 10.2. The molecule has 0 aliphatic carbocycles. The number of hydrogen-bond donors (Lipinski definition) is 2. The number of rotatable bonds is 16. The van der Waals surface area contributed by atoms with E-state index >= 15 is 0 Å². The highest BCUT2D eigenvalue weighted by Gasteiger charge is 2.61. The van der Waals surface area contributed by atoms with Gasteiger partial charge in [-0.3, -0.25) is 0 Å². The van der Waals surface area contributed by atoms with Gasteiger partial charge in [0.2, 0.25) is 0 Å². The summed E-state index contributed by atoms with van der Waals surface area (Å²) >= 11 is 0. The number of epoxide rings is 4. The summed E-state index contributed by atoms with van der Waals surface area (Å²) in [4.78, 5) is 0. The van der Waals surface area contributed by atoms with E-state index in [1.807, 2.05) is 84.9 Å². The van der Waals surface area contributed by atoms with Crippen LogP contribution in [0.3, 0.4) is 0 Å². The molecule has 4 heterocycles. The van der Waals surface area contributed by atoms with Crippen molar-refractivity contribution in [2.45, 2.75) is 61.9 Å². The van der Waals surface area contributed by atoms with Crippen LogP contribution in [-0.2, 0) is 24.4 Å². The molecule has 0 saturated carbocycles. The van der Waals surface area contributed by atoms with Gasteiger partial charge in [-0.25, -0.2) is 0 Å². The van der Waals surface area contributed by atoms with Crippen LogP contribution in [0.1, 0.15) is 43.2 Å². The normalized spacial score (nSPS) is 23.8. The van der Waals surface area contributed by atoms with Crippen molar-refractivity contribution in [2.24, 2.45) is 5.41 Å². The van der Waals surface area contributed by atoms with Crippen LogP contribution in [0.25, 0.3) is 0 Å². The van der Waals surface area contributed by atoms with Crippen molar-refractivity contribution in [3.05, 3.63) is 108 Å². The summed E-state index contributed by atoms with van der Waals surface area (Å²) in [5.41, 5.74) is 15.8. The van der Waals surface area contributed by atoms with Crippen molar-refractivity contribution < 1.29 is 28.4 Å². The molecule has 0 spiro atoms. The summed E-state index contributed by atoms with van der Waals surface area (Å²) in [6, 6.07) is 31.9. The quantitative estimate of drug-likeness (QED) is 0.0977. The second-order valence-corrected chi connectivity index (χ2v) is 13.4. The highest BCUT2D eigenvalue weighted by molar-refractivity contribution is 5.68. The van der Waals surface area contributed by atoms with Gasteiger partial charge in [0.1, 0.15) is 11.5 Å². The smallest absolute Gasteiger partial charge is 0.154 e. The fourth-order valence-electron chi connectivity index (χ4n) is 7.67. The number of nitrogens with two attached hydrogens (primary N) is 2. The zero-order chi connectivity index (χ0) is 31.8. The monoisotopic (exact) mass is 634 g/mol. The number of para-hydroxylation sites is 4. The van der Waals surface area contributed by atoms with Crippen LogP contribution in [0.5, 0.6) is 23.0 Å². The Bertz CT molecular complexity index is 1580. The SMILES string of the molecule is Nc1cccc(C(CC2CO2)(c2cccc(N)c2Oc2ccccc2)C(CCC2CO2)(CC2CO2)CC2CO2)c1Oc1ccccc1. The highest BCUT2D eigenvalue weighted by atomic mass is 16.6. The third kappa shape index (κ3) is 6.43. The van der Waals surface area contributed by atoms with Crippen molar-refractivity contribution in [1.82, 2.24) is 0 Å². The van der Waals surface area contributed by atoms with Crippen LogP contribution in [0.15, 0.2) is 97.1 Å². The molecule has 4 N–H and O–H groups in total. The molecule has 4 fully saturated rings. The van der Waals surface area contributed by atoms with Gasteiger partial charge < -0.3 is 39.9 Å². The predicted octanol–water partition coefficient (Wildman–Crippen LogP) is 7.25. The molecule has 4 atom stereocenters. The minimum Gasteiger partial charge on any atom is -0.455 e. The van der Waals surface area contributed by atoms with Crippen LogP contribution < -0.4 is 20.9 Å². The summed E-state index contributed by atoms with van der Waals surface area (Å²) in [5.74, 6) is 2.69. The maximum Gasteiger partial charge on any atom is 0.154 e. The maximum absolute atomic E-state index is 6.90. The lowest BCUT2D eigenvalue weighted by molar-refractivity contribution is 0.0609. The molecule has 4 aromatic carbocycles. The predicted molar refractivity (Wildman–Crippen MR) is 180 cm³/mol. The van der Waals surface area contributed by atoms with Crippen LogP contribution in [0, 0.1) is 5.41 Å². The Morgan fingerprint density at radius 2 is 0.957 bits per heavy atom. The van der Waals surface area contributed by atoms with Gasteiger partial charge in [0.05, 0.1) is 62.2 Å². The van der Waals surface area contributed by atoms with E-state index in [0.717, 1.165) is 56.6 Å². The average molecular weight is 635 g/mol. The van der Waals surface area contributed by atoms with E-state index < -0.39 is 10.8 Å². The number of benzene rings is 4. The van der Waals surface area contributed by atoms with E-state index in [1.165, 1.54) is 0 Å². The second kappa shape index (κ2) is 12.5. The number of hydrogen-bond acceptors (Lipinski definition) is 8. The molecule has 47 heavy (non-hydrogen) atoms. The van der Waals surface area contributed by atoms with E-state index in [0.29, 0.717) is 47.4 Å². The Kier molecular flexibility index (Phi) is 8.05. The Labute approximate surface area is 275 Å². The Balaban J connectivity index is 1.42. The van der Waals surface area contributed by atoms with Gasteiger partial charge in [-0.1, -0.05) is 60.7 Å². The minimum atomic E-state index is -0.736. The first-order chi connectivity index (χ1) is 23.0. The average Bonchev–Trinajstić information content (AvgIpc) is 3.89. The van der Waals surface area contributed by atoms with Crippen LogP contribution in [0.2, 0.25) is 0 Å².